The highest BCUT2D eigenvalue weighted by molar-refractivity contribution is 7.92. The first-order valence-corrected chi connectivity index (χ1v) is 11.5. The zero-order valence-corrected chi connectivity index (χ0v) is 19.3. The average Bonchev–Trinajstić information content (AvgIpc) is 2.98. The molecule has 1 aromatic rings. The van der Waals surface area contributed by atoms with Gasteiger partial charge in [0.2, 0.25) is 0 Å². The predicted octanol–water partition coefficient (Wildman–Crippen LogP) is 5.24. The van der Waals surface area contributed by atoms with Crippen LogP contribution in [0.3, 0.4) is 0 Å². The third-order valence-corrected chi connectivity index (χ3v) is 6.91. The SMILES string of the molecule is C=C(OC)/C(F)=C\C(C)=C/C.CS(=O)(=O)C1(C(F)(F)F)CCN=CN(c2ccccc2)C1. The zero-order chi connectivity index (χ0) is 24.6. The number of aliphatic imine (C=N–C) groups is 1. The number of nitrogens with zero attached hydrogens (tertiary/aromatic N) is 2. The number of benzene rings is 1. The van der Waals surface area contributed by atoms with Crippen LogP contribution in [0.2, 0.25) is 0 Å². The molecular formula is C22H28F4N2O3S. The fourth-order valence-corrected chi connectivity index (χ4v) is 4.04. The second-order valence-electron chi connectivity index (χ2n) is 7.15. The highest BCUT2D eigenvalue weighted by atomic mass is 32.2. The summed E-state index contributed by atoms with van der Waals surface area (Å²) in [7, 11) is -2.97. The van der Waals surface area contributed by atoms with Crippen molar-refractivity contribution in [3.05, 3.63) is 66.2 Å². The lowest BCUT2D eigenvalue weighted by Crippen LogP contribution is -2.58. The van der Waals surface area contributed by atoms with Crippen molar-refractivity contribution >= 4 is 21.9 Å². The standard InChI is InChI=1S/C13H15F3N2O2S.C9H13FO/c1-21(19,20)12(13(14,15)16)7-8-17-10-18(9-12)11-5-3-2-4-6-11;1-5-7(2)6-9(10)8(3)11-4/h2-6,10H,7-9H2,1H3;5-6H,3H2,1-2,4H3/b;7-5-,9-6+. The third kappa shape index (κ3) is 6.94. The molecule has 178 valence electrons. The zero-order valence-electron chi connectivity index (χ0n) is 18.5. The Morgan fingerprint density at radius 3 is 2.34 bits per heavy atom. The molecule has 0 fully saturated rings. The van der Waals surface area contributed by atoms with Crippen molar-refractivity contribution in [2.45, 2.75) is 31.2 Å². The van der Waals surface area contributed by atoms with E-state index in [0.717, 1.165) is 5.57 Å². The van der Waals surface area contributed by atoms with E-state index < -0.39 is 39.6 Å². The van der Waals surface area contributed by atoms with E-state index in [1.165, 1.54) is 24.4 Å². The molecule has 0 aromatic heterocycles. The number of hydrogen-bond acceptors (Lipinski definition) is 5. The van der Waals surface area contributed by atoms with E-state index in [4.69, 9.17) is 0 Å². The molecule has 0 saturated carbocycles. The Kier molecular flexibility index (Phi) is 9.69. The van der Waals surface area contributed by atoms with Gasteiger partial charge in [0.1, 0.15) is 5.76 Å². The molecule has 2 rings (SSSR count). The maximum atomic E-state index is 13.5. The number of allylic oxidation sites excluding steroid dienone is 4. The van der Waals surface area contributed by atoms with E-state index in [0.29, 0.717) is 11.9 Å². The number of para-hydroxylation sites is 1. The number of sulfone groups is 1. The highest BCUT2D eigenvalue weighted by Crippen LogP contribution is 2.41. The summed E-state index contributed by atoms with van der Waals surface area (Å²) in [5, 5.41) is 0. The number of alkyl halides is 3. The molecule has 0 aliphatic carbocycles. The molecular weight excluding hydrogens is 448 g/mol. The van der Waals surface area contributed by atoms with Crippen molar-refractivity contribution in [2.24, 2.45) is 4.99 Å². The highest BCUT2D eigenvalue weighted by Gasteiger charge is 2.62. The first kappa shape index (κ1) is 27.4. The van der Waals surface area contributed by atoms with Gasteiger partial charge in [-0.2, -0.15) is 13.2 Å². The molecule has 1 unspecified atom stereocenters. The lowest BCUT2D eigenvalue weighted by Gasteiger charge is -2.35. The summed E-state index contributed by atoms with van der Waals surface area (Å²) >= 11 is 0. The van der Waals surface area contributed by atoms with Crippen molar-refractivity contribution < 1.29 is 30.7 Å². The van der Waals surface area contributed by atoms with Crippen molar-refractivity contribution in [1.29, 1.82) is 0 Å². The first-order valence-electron chi connectivity index (χ1n) is 9.60. The molecule has 1 aliphatic rings. The van der Waals surface area contributed by atoms with Crippen LogP contribution >= 0.6 is 0 Å². The summed E-state index contributed by atoms with van der Waals surface area (Å²) in [5.74, 6) is -0.366. The minimum atomic E-state index is -4.86. The summed E-state index contributed by atoms with van der Waals surface area (Å²) < 4.78 is 78.9. The average molecular weight is 477 g/mol. The smallest absolute Gasteiger partial charge is 0.409 e. The van der Waals surface area contributed by atoms with Crippen LogP contribution in [0.25, 0.3) is 0 Å². The Balaban J connectivity index is 0.000000396. The van der Waals surface area contributed by atoms with Crippen LogP contribution in [0, 0.1) is 0 Å². The number of rotatable bonds is 5. The number of halogens is 4. The molecule has 0 spiro atoms. The molecule has 1 atom stereocenters. The van der Waals surface area contributed by atoms with E-state index in [9.17, 15) is 26.0 Å². The van der Waals surface area contributed by atoms with Gasteiger partial charge in [-0.1, -0.05) is 36.4 Å². The largest absolute Gasteiger partial charge is 0.494 e. The van der Waals surface area contributed by atoms with E-state index in [-0.39, 0.29) is 12.3 Å². The molecule has 1 aromatic carbocycles. The van der Waals surface area contributed by atoms with Gasteiger partial charge in [-0.05, 0) is 38.5 Å². The molecule has 0 bridgehead atoms. The molecule has 0 N–H and O–H groups in total. The first-order chi connectivity index (χ1) is 14.8. The van der Waals surface area contributed by atoms with Crippen molar-refractivity contribution in [3.63, 3.8) is 0 Å². The summed E-state index contributed by atoms with van der Waals surface area (Å²) in [6.45, 7) is 6.14. The summed E-state index contributed by atoms with van der Waals surface area (Å²) in [4.78, 5) is 5.13. The Morgan fingerprint density at radius 2 is 1.88 bits per heavy atom. The van der Waals surface area contributed by atoms with Crippen LogP contribution in [0.4, 0.5) is 23.2 Å². The van der Waals surface area contributed by atoms with Gasteiger partial charge in [-0.25, -0.2) is 12.8 Å². The van der Waals surface area contributed by atoms with E-state index >= 15 is 0 Å². The quantitative estimate of drug-likeness (QED) is 0.332. The van der Waals surface area contributed by atoms with Crippen LogP contribution in [-0.4, -0.2) is 52.1 Å². The van der Waals surface area contributed by atoms with Crippen LogP contribution < -0.4 is 4.90 Å². The van der Waals surface area contributed by atoms with Crippen LogP contribution in [0.5, 0.6) is 0 Å². The molecule has 5 nitrogen and oxygen atoms in total. The maximum absolute atomic E-state index is 13.5. The lowest BCUT2D eigenvalue weighted by atomic mass is 10.0. The van der Waals surface area contributed by atoms with Gasteiger partial charge in [0.25, 0.3) is 0 Å². The Hall–Kier alpha value is -2.62. The fourth-order valence-electron chi connectivity index (χ4n) is 2.78. The van der Waals surface area contributed by atoms with Gasteiger partial charge in [-0.3, -0.25) is 4.99 Å². The van der Waals surface area contributed by atoms with E-state index in [2.05, 4.69) is 16.3 Å². The van der Waals surface area contributed by atoms with Gasteiger partial charge >= 0.3 is 6.18 Å². The van der Waals surface area contributed by atoms with Gasteiger partial charge < -0.3 is 9.64 Å². The molecule has 32 heavy (non-hydrogen) atoms. The van der Waals surface area contributed by atoms with E-state index in [1.54, 1.807) is 30.3 Å². The molecule has 0 amide bonds. The second kappa shape index (κ2) is 11.3. The van der Waals surface area contributed by atoms with Gasteiger partial charge in [0.05, 0.1) is 20.0 Å². The Morgan fingerprint density at radius 1 is 1.28 bits per heavy atom. The Bertz CT molecular complexity index is 971. The second-order valence-corrected chi connectivity index (χ2v) is 9.48. The minimum Gasteiger partial charge on any atom is -0.494 e. The van der Waals surface area contributed by atoms with Gasteiger partial charge in [-0.15, -0.1) is 0 Å². The molecule has 0 radical (unpaired) electrons. The number of hydrogen-bond donors (Lipinski definition) is 0. The maximum Gasteiger partial charge on any atom is 0.409 e. The molecule has 0 saturated heterocycles. The fraction of sp³-hybridized carbons (Fsp3) is 0.409. The van der Waals surface area contributed by atoms with Crippen LogP contribution in [0.1, 0.15) is 20.3 Å². The molecule has 1 aliphatic heterocycles. The number of anilines is 1. The number of methoxy groups -OCH3 is 1. The van der Waals surface area contributed by atoms with Crippen molar-refractivity contribution in [1.82, 2.24) is 0 Å². The van der Waals surface area contributed by atoms with Crippen molar-refractivity contribution in [2.75, 3.05) is 31.4 Å². The topological polar surface area (TPSA) is 59.0 Å². The molecule has 10 heteroatoms. The predicted molar refractivity (Wildman–Crippen MR) is 120 cm³/mol. The van der Waals surface area contributed by atoms with Gasteiger partial charge in [0.15, 0.2) is 20.4 Å². The monoisotopic (exact) mass is 476 g/mol. The Labute approximate surface area is 186 Å². The van der Waals surface area contributed by atoms with Gasteiger partial charge in [0, 0.05) is 18.5 Å². The van der Waals surface area contributed by atoms with E-state index in [1.807, 2.05) is 19.9 Å². The molecule has 1 heterocycles. The number of ether oxygens (including phenoxy) is 1. The summed E-state index contributed by atoms with van der Waals surface area (Å²) in [5.41, 5.74) is 1.32. The summed E-state index contributed by atoms with van der Waals surface area (Å²) in [6, 6.07) is 8.29. The van der Waals surface area contributed by atoms with Crippen LogP contribution in [-0.2, 0) is 14.6 Å². The lowest BCUT2D eigenvalue weighted by molar-refractivity contribution is -0.159. The normalized spacial score (nSPS) is 20.2. The third-order valence-electron chi connectivity index (χ3n) is 4.93. The van der Waals surface area contributed by atoms with Crippen LogP contribution in [0.15, 0.2) is 71.2 Å². The minimum absolute atomic E-state index is 0.0613. The van der Waals surface area contributed by atoms with Crippen molar-refractivity contribution in [3.8, 4) is 0 Å². The summed E-state index contributed by atoms with van der Waals surface area (Å²) in [6.07, 6.45) is -0.339.